The number of fused-ring (bicyclic) bond motifs is 1. The van der Waals surface area contributed by atoms with E-state index in [4.69, 9.17) is 0 Å². The lowest BCUT2D eigenvalue weighted by Crippen LogP contribution is -2.35. The molecule has 3 aromatic heterocycles. The van der Waals surface area contributed by atoms with Gasteiger partial charge in [-0.05, 0) is 81.9 Å². The number of aromatic nitrogens is 3. The van der Waals surface area contributed by atoms with Gasteiger partial charge in [0.1, 0.15) is 11.5 Å². The molecule has 40 heavy (non-hydrogen) atoms. The number of hydrogen-bond donors (Lipinski definition) is 4. The lowest BCUT2D eigenvalue weighted by Gasteiger charge is -2.19. The molecule has 0 radical (unpaired) electrons. The van der Waals surface area contributed by atoms with Crippen LogP contribution in [0.5, 0.6) is 0 Å². The van der Waals surface area contributed by atoms with E-state index in [1.54, 1.807) is 47.3 Å². The third-order valence-corrected chi connectivity index (χ3v) is 6.75. The van der Waals surface area contributed by atoms with E-state index < -0.39 is 6.04 Å². The summed E-state index contributed by atoms with van der Waals surface area (Å²) in [6.07, 6.45) is 1.78. The van der Waals surface area contributed by atoms with Gasteiger partial charge >= 0.3 is 0 Å². The number of nitrogens with one attached hydrogen (secondary N) is 4. The highest BCUT2D eigenvalue weighted by Gasteiger charge is 2.22. The number of anilines is 2. The second-order valence-corrected chi connectivity index (χ2v) is 9.44. The lowest BCUT2D eigenvalue weighted by atomic mass is 9.97. The fourth-order valence-corrected chi connectivity index (χ4v) is 4.57. The lowest BCUT2D eigenvalue weighted by molar-refractivity contribution is -0.117. The first kappa shape index (κ1) is 28.2. The Kier molecular flexibility index (Phi) is 8.41. The van der Waals surface area contributed by atoms with Crippen LogP contribution in [0, 0.1) is 32.6 Å². The molecule has 1 aromatic carbocycles. The van der Waals surface area contributed by atoms with E-state index in [1.807, 2.05) is 44.2 Å². The fourth-order valence-electron chi connectivity index (χ4n) is 4.57. The second kappa shape index (κ2) is 11.9. The van der Waals surface area contributed by atoms with Crippen molar-refractivity contribution < 1.29 is 9.59 Å². The smallest absolute Gasteiger partial charge is 0.254 e. The molecule has 9 nitrogen and oxygen atoms in total. The summed E-state index contributed by atoms with van der Waals surface area (Å²) < 4.78 is 0. The molecule has 9 heteroatoms. The highest BCUT2D eigenvalue weighted by atomic mass is 16.2. The third-order valence-electron chi connectivity index (χ3n) is 6.75. The molecule has 0 bridgehead atoms. The predicted octanol–water partition coefficient (Wildman–Crippen LogP) is 3.96. The molecule has 4 aromatic rings. The molecule has 204 valence electrons. The Balaban J connectivity index is 1.88. The summed E-state index contributed by atoms with van der Waals surface area (Å²) in [5.74, 6) is 6.23. The quantitative estimate of drug-likeness (QED) is 0.276. The summed E-state index contributed by atoms with van der Waals surface area (Å²) in [7, 11) is 5.06. The van der Waals surface area contributed by atoms with Gasteiger partial charge < -0.3 is 21.3 Å². The van der Waals surface area contributed by atoms with Crippen LogP contribution < -0.4 is 21.3 Å². The number of nitrogens with zero attached hydrogens (tertiary/aromatic N) is 3. The zero-order valence-corrected chi connectivity index (χ0v) is 23.8. The van der Waals surface area contributed by atoms with Gasteiger partial charge in [-0.25, -0.2) is 4.98 Å². The molecular formula is C31H33N7O2. The van der Waals surface area contributed by atoms with E-state index in [1.165, 1.54) is 0 Å². The van der Waals surface area contributed by atoms with E-state index in [2.05, 4.69) is 48.1 Å². The van der Waals surface area contributed by atoms with Crippen molar-refractivity contribution in [2.24, 2.45) is 0 Å². The van der Waals surface area contributed by atoms with Crippen molar-refractivity contribution in [3.8, 4) is 23.0 Å². The van der Waals surface area contributed by atoms with Gasteiger partial charge in [0.15, 0.2) is 0 Å². The van der Waals surface area contributed by atoms with Gasteiger partial charge in [-0.15, -0.1) is 0 Å². The van der Waals surface area contributed by atoms with Crippen LogP contribution in [0.1, 0.15) is 45.6 Å². The summed E-state index contributed by atoms with van der Waals surface area (Å²) in [5, 5.41) is 13.8. The molecule has 0 saturated carbocycles. The van der Waals surface area contributed by atoms with Crippen LogP contribution in [0.25, 0.3) is 21.9 Å². The van der Waals surface area contributed by atoms with Gasteiger partial charge in [0.2, 0.25) is 5.91 Å². The Bertz CT molecular complexity index is 1690. The van der Waals surface area contributed by atoms with Crippen molar-refractivity contribution >= 4 is 34.1 Å². The minimum Gasteiger partial charge on any atom is -0.387 e. The van der Waals surface area contributed by atoms with Gasteiger partial charge in [0.25, 0.3) is 5.91 Å². The van der Waals surface area contributed by atoms with Crippen molar-refractivity contribution in [1.82, 2.24) is 25.6 Å². The molecule has 0 fully saturated rings. The van der Waals surface area contributed by atoms with Gasteiger partial charge in [-0.3, -0.25) is 19.6 Å². The van der Waals surface area contributed by atoms with Gasteiger partial charge in [0, 0.05) is 48.2 Å². The number of amides is 2. The first-order valence-corrected chi connectivity index (χ1v) is 13.0. The minimum absolute atomic E-state index is 0.233. The number of pyridine rings is 3. The van der Waals surface area contributed by atoms with Crippen LogP contribution in [-0.4, -0.2) is 54.0 Å². The molecule has 4 rings (SSSR count). The summed E-state index contributed by atoms with van der Waals surface area (Å²) in [5.41, 5.74) is 6.09. The Labute approximate surface area is 234 Å². The Morgan fingerprint density at radius 2 is 1.68 bits per heavy atom. The van der Waals surface area contributed by atoms with E-state index in [0.29, 0.717) is 34.0 Å². The Hall–Kier alpha value is -4.81. The number of rotatable bonds is 6. The van der Waals surface area contributed by atoms with Crippen LogP contribution in [-0.2, 0) is 4.79 Å². The minimum atomic E-state index is -0.425. The summed E-state index contributed by atoms with van der Waals surface area (Å²) in [6.45, 7) is 7.43. The number of carbonyl (C=O) groups is 2. The SMILES string of the molecule is CNC(=O)c1c(C)nc(C)c(-c2cc(C#Cc3ccc4c(C)nccc4c3)nc(NC(=O)C(C)NC)c2)c1NC. The molecule has 0 spiro atoms. The van der Waals surface area contributed by atoms with Crippen molar-refractivity contribution in [2.45, 2.75) is 33.7 Å². The summed E-state index contributed by atoms with van der Waals surface area (Å²) >= 11 is 0. The zero-order valence-electron chi connectivity index (χ0n) is 23.8. The van der Waals surface area contributed by atoms with Gasteiger partial charge in [-0.2, -0.15) is 0 Å². The van der Waals surface area contributed by atoms with Crippen molar-refractivity contribution in [3.05, 3.63) is 76.5 Å². The molecule has 1 atom stereocenters. The van der Waals surface area contributed by atoms with Crippen LogP contribution in [0.3, 0.4) is 0 Å². The molecule has 2 amide bonds. The van der Waals surface area contributed by atoms with E-state index in [9.17, 15) is 9.59 Å². The second-order valence-electron chi connectivity index (χ2n) is 9.44. The third kappa shape index (κ3) is 5.77. The largest absolute Gasteiger partial charge is 0.387 e. The predicted molar refractivity (Wildman–Crippen MR) is 159 cm³/mol. The molecule has 0 saturated heterocycles. The molecule has 0 aliphatic rings. The molecular weight excluding hydrogens is 502 g/mol. The van der Waals surface area contributed by atoms with E-state index in [0.717, 1.165) is 33.3 Å². The molecule has 4 N–H and O–H groups in total. The number of hydrogen-bond acceptors (Lipinski definition) is 7. The van der Waals surface area contributed by atoms with E-state index in [-0.39, 0.29) is 11.8 Å². The number of likely N-dealkylation sites (N-methyl/N-ethyl adjacent to an activating group) is 1. The van der Waals surface area contributed by atoms with Crippen molar-refractivity contribution in [2.75, 3.05) is 31.8 Å². The summed E-state index contributed by atoms with van der Waals surface area (Å²) in [4.78, 5) is 39.1. The van der Waals surface area contributed by atoms with E-state index >= 15 is 0 Å². The number of carbonyl (C=O) groups excluding carboxylic acids is 2. The van der Waals surface area contributed by atoms with Crippen LogP contribution >= 0.6 is 0 Å². The monoisotopic (exact) mass is 535 g/mol. The maximum atomic E-state index is 12.8. The zero-order chi connectivity index (χ0) is 29.0. The maximum Gasteiger partial charge on any atom is 0.254 e. The van der Waals surface area contributed by atoms with Gasteiger partial charge in [-0.1, -0.05) is 12.0 Å². The highest BCUT2D eigenvalue weighted by molar-refractivity contribution is 6.04. The number of benzene rings is 1. The molecule has 0 aliphatic carbocycles. The highest BCUT2D eigenvalue weighted by Crippen LogP contribution is 2.36. The van der Waals surface area contributed by atoms with Crippen LogP contribution in [0.2, 0.25) is 0 Å². The summed E-state index contributed by atoms with van der Waals surface area (Å²) in [6, 6.07) is 11.1. The molecule has 3 heterocycles. The first-order valence-electron chi connectivity index (χ1n) is 13.0. The van der Waals surface area contributed by atoms with Crippen LogP contribution in [0.4, 0.5) is 11.5 Å². The first-order chi connectivity index (χ1) is 19.2. The standard InChI is InChI=1S/C31H33N7O2/c1-17-25-11-9-21(14-22(25)12-13-35-17)8-10-24-15-23(16-26(37-24)38-30(39)20(4)32-5)27-18(2)36-19(3)28(29(27)33-6)31(40)34-7/h9,11-16,20,32H,1-7H3,(H,33,36)(H,34,40)(H,37,38,39). The van der Waals surface area contributed by atoms with Crippen molar-refractivity contribution in [3.63, 3.8) is 0 Å². The normalized spacial score (nSPS) is 11.4. The average Bonchev–Trinajstić information content (AvgIpc) is 2.94. The fraction of sp³-hybridized carbons (Fsp3) is 0.258. The van der Waals surface area contributed by atoms with Crippen molar-refractivity contribution in [1.29, 1.82) is 0 Å². The Morgan fingerprint density at radius 1 is 0.900 bits per heavy atom. The van der Waals surface area contributed by atoms with Gasteiger partial charge in [0.05, 0.1) is 23.0 Å². The van der Waals surface area contributed by atoms with Crippen LogP contribution in [0.15, 0.2) is 42.6 Å². The Morgan fingerprint density at radius 3 is 2.38 bits per heavy atom. The molecule has 0 aliphatic heterocycles. The molecule has 1 unspecified atom stereocenters. The topological polar surface area (TPSA) is 121 Å². The average molecular weight is 536 g/mol. The maximum absolute atomic E-state index is 12.8. The number of aryl methyl sites for hydroxylation is 3.